The van der Waals surface area contributed by atoms with Gasteiger partial charge in [0.25, 0.3) is 5.91 Å². The van der Waals surface area contributed by atoms with Crippen LogP contribution in [-0.2, 0) is 17.6 Å². The zero-order chi connectivity index (χ0) is 17.9. The third-order valence-corrected chi connectivity index (χ3v) is 3.77. The Kier molecular flexibility index (Phi) is 7.57. The van der Waals surface area contributed by atoms with E-state index in [4.69, 9.17) is 9.47 Å². The molecule has 0 heterocycles. The number of rotatable bonds is 10. The highest BCUT2D eigenvalue weighted by molar-refractivity contribution is 5.77. The molecule has 4 heteroatoms. The van der Waals surface area contributed by atoms with E-state index in [0.717, 1.165) is 24.8 Å². The van der Waals surface area contributed by atoms with Gasteiger partial charge in [0, 0.05) is 6.54 Å². The maximum Gasteiger partial charge on any atom is 0.257 e. The summed E-state index contributed by atoms with van der Waals surface area (Å²) in [6, 6.07) is 15.9. The highest BCUT2D eigenvalue weighted by Gasteiger charge is 2.08. The number of carbonyl (C=O) groups is 1. The molecule has 0 saturated heterocycles. The van der Waals surface area contributed by atoms with Crippen molar-refractivity contribution in [3.63, 3.8) is 0 Å². The number of carbonyl (C=O) groups excluding carboxylic acids is 1. The molecule has 0 saturated carbocycles. The van der Waals surface area contributed by atoms with Gasteiger partial charge in [-0.25, -0.2) is 0 Å². The van der Waals surface area contributed by atoms with Gasteiger partial charge in [-0.05, 0) is 42.5 Å². The molecule has 0 bridgehead atoms. The SMILES string of the molecule is C=CCc1ccc(OCC(=O)NCCCc2ccccc2)c(OC)c1. The summed E-state index contributed by atoms with van der Waals surface area (Å²) in [5.74, 6) is 1.05. The van der Waals surface area contributed by atoms with Gasteiger partial charge < -0.3 is 14.8 Å². The molecular weight excluding hydrogens is 314 g/mol. The molecule has 0 aliphatic rings. The number of nitrogens with one attached hydrogen (secondary N) is 1. The number of hydrogen-bond donors (Lipinski definition) is 1. The summed E-state index contributed by atoms with van der Waals surface area (Å²) in [7, 11) is 1.59. The van der Waals surface area contributed by atoms with Crippen molar-refractivity contribution < 1.29 is 14.3 Å². The molecule has 25 heavy (non-hydrogen) atoms. The smallest absolute Gasteiger partial charge is 0.257 e. The summed E-state index contributed by atoms with van der Waals surface area (Å²) < 4.78 is 10.9. The number of hydrogen-bond acceptors (Lipinski definition) is 3. The molecule has 132 valence electrons. The van der Waals surface area contributed by atoms with Gasteiger partial charge in [-0.1, -0.05) is 42.5 Å². The average Bonchev–Trinajstić information content (AvgIpc) is 2.65. The molecule has 0 radical (unpaired) electrons. The lowest BCUT2D eigenvalue weighted by Crippen LogP contribution is -2.30. The molecule has 0 atom stereocenters. The van der Waals surface area contributed by atoms with Crippen LogP contribution in [0, 0.1) is 0 Å². The van der Waals surface area contributed by atoms with Crippen LogP contribution in [0.2, 0.25) is 0 Å². The van der Waals surface area contributed by atoms with E-state index in [9.17, 15) is 4.79 Å². The second-order valence-electron chi connectivity index (χ2n) is 5.71. The van der Waals surface area contributed by atoms with Gasteiger partial charge in [-0.15, -0.1) is 6.58 Å². The molecule has 0 aliphatic heterocycles. The Balaban J connectivity index is 1.73. The monoisotopic (exact) mass is 339 g/mol. The fourth-order valence-electron chi connectivity index (χ4n) is 2.48. The molecule has 0 spiro atoms. The number of aryl methyl sites for hydroxylation is 1. The number of amides is 1. The Morgan fingerprint density at radius 2 is 1.92 bits per heavy atom. The minimum atomic E-state index is -0.134. The van der Waals surface area contributed by atoms with E-state index in [1.165, 1.54) is 5.56 Å². The molecule has 0 aliphatic carbocycles. The molecule has 0 aromatic heterocycles. The molecular formula is C21H25NO3. The highest BCUT2D eigenvalue weighted by Crippen LogP contribution is 2.28. The van der Waals surface area contributed by atoms with Crippen LogP contribution in [0.25, 0.3) is 0 Å². The second-order valence-corrected chi connectivity index (χ2v) is 5.71. The van der Waals surface area contributed by atoms with E-state index < -0.39 is 0 Å². The molecule has 0 fully saturated rings. The number of methoxy groups -OCH3 is 1. The van der Waals surface area contributed by atoms with Crippen LogP contribution in [0.5, 0.6) is 11.5 Å². The summed E-state index contributed by atoms with van der Waals surface area (Å²) in [4.78, 5) is 11.9. The van der Waals surface area contributed by atoms with E-state index >= 15 is 0 Å². The maximum absolute atomic E-state index is 11.9. The van der Waals surface area contributed by atoms with Gasteiger partial charge >= 0.3 is 0 Å². The Labute approximate surface area is 149 Å². The first kappa shape index (κ1) is 18.6. The first-order valence-corrected chi connectivity index (χ1v) is 8.44. The third kappa shape index (κ3) is 6.34. The largest absolute Gasteiger partial charge is 0.493 e. The fourth-order valence-corrected chi connectivity index (χ4v) is 2.48. The first-order chi connectivity index (χ1) is 12.2. The maximum atomic E-state index is 11.9. The van der Waals surface area contributed by atoms with Gasteiger partial charge in [0.05, 0.1) is 7.11 Å². The van der Waals surface area contributed by atoms with Crippen molar-refractivity contribution >= 4 is 5.91 Å². The van der Waals surface area contributed by atoms with Crippen molar-refractivity contribution in [2.24, 2.45) is 0 Å². The predicted molar refractivity (Wildman–Crippen MR) is 100 cm³/mol. The Morgan fingerprint density at radius 3 is 2.64 bits per heavy atom. The van der Waals surface area contributed by atoms with Crippen molar-refractivity contribution in [1.82, 2.24) is 5.32 Å². The predicted octanol–water partition coefficient (Wildman–Crippen LogP) is 3.55. The quantitative estimate of drug-likeness (QED) is 0.532. The normalized spacial score (nSPS) is 10.1. The Bertz CT molecular complexity index is 683. The highest BCUT2D eigenvalue weighted by atomic mass is 16.5. The van der Waals surface area contributed by atoms with Crippen molar-refractivity contribution in [1.29, 1.82) is 0 Å². The summed E-state index contributed by atoms with van der Waals surface area (Å²) in [5, 5.41) is 2.87. The van der Waals surface area contributed by atoms with Crippen LogP contribution in [-0.4, -0.2) is 26.2 Å². The molecule has 0 unspecified atom stereocenters. The van der Waals surface area contributed by atoms with Crippen molar-refractivity contribution in [3.8, 4) is 11.5 Å². The lowest BCUT2D eigenvalue weighted by atomic mass is 10.1. The Morgan fingerprint density at radius 1 is 1.12 bits per heavy atom. The molecule has 1 amide bonds. The van der Waals surface area contributed by atoms with Crippen molar-refractivity contribution in [2.45, 2.75) is 19.3 Å². The van der Waals surface area contributed by atoms with E-state index in [1.807, 2.05) is 42.5 Å². The van der Waals surface area contributed by atoms with Crippen molar-refractivity contribution in [3.05, 3.63) is 72.3 Å². The first-order valence-electron chi connectivity index (χ1n) is 8.44. The topological polar surface area (TPSA) is 47.6 Å². The van der Waals surface area contributed by atoms with Gasteiger partial charge in [0.2, 0.25) is 0 Å². The molecule has 2 rings (SSSR count). The fraction of sp³-hybridized carbons (Fsp3) is 0.286. The van der Waals surface area contributed by atoms with Crippen LogP contribution < -0.4 is 14.8 Å². The van der Waals surface area contributed by atoms with E-state index in [-0.39, 0.29) is 12.5 Å². The lowest BCUT2D eigenvalue weighted by Gasteiger charge is -2.12. The van der Waals surface area contributed by atoms with E-state index in [2.05, 4.69) is 24.0 Å². The minimum absolute atomic E-state index is 0.0253. The zero-order valence-electron chi connectivity index (χ0n) is 14.7. The molecule has 4 nitrogen and oxygen atoms in total. The van der Waals surface area contributed by atoms with Gasteiger partial charge in [-0.2, -0.15) is 0 Å². The van der Waals surface area contributed by atoms with Crippen molar-refractivity contribution in [2.75, 3.05) is 20.3 Å². The number of benzene rings is 2. The van der Waals surface area contributed by atoms with Crippen LogP contribution in [0.15, 0.2) is 61.2 Å². The lowest BCUT2D eigenvalue weighted by molar-refractivity contribution is -0.123. The summed E-state index contributed by atoms with van der Waals surface area (Å²) in [5.41, 5.74) is 2.36. The average molecular weight is 339 g/mol. The molecule has 1 N–H and O–H groups in total. The van der Waals surface area contributed by atoms with Crippen LogP contribution in [0.1, 0.15) is 17.5 Å². The van der Waals surface area contributed by atoms with E-state index in [0.29, 0.717) is 18.0 Å². The second kappa shape index (κ2) is 10.2. The van der Waals surface area contributed by atoms with Crippen LogP contribution in [0.3, 0.4) is 0 Å². The number of allylic oxidation sites excluding steroid dienone is 1. The van der Waals surface area contributed by atoms with Gasteiger partial charge in [0.1, 0.15) is 0 Å². The van der Waals surface area contributed by atoms with Gasteiger partial charge in [-0.3, -0.25) is 4.79 Å². The van der Waals surface area contributed by atoms with Crippen LogP contribution >= 0.6 is 0 Å². The number of ether oxygens (including phenoxy) is 2. The van der Waals surface area contributed by atoms with Crippen LogP contribution in [0.4, 0.5) is 0 Å². The standard InChI is InChI=1S/C21H25NO3/c1-3-8-18-12-13-19(20(15-18)24-2)25-16-21(23)22-14-7-11-17-9-5-4-6-10-17/h3-6,9-10,12-13,15H,1,7-8,11,14,16H2,2H3,(H,22,23). The minimum Gasteiger partial charge on any atom is -0.493 e. The molecule has 2 aromatic rings. The Hall–Kier alpha value is -2.75. The third-order valence-electron chi connectivity index (χ3n) is 3.77. The van der Waals surface area contributed by atoms with E-state index in [1.54, 1.807) is 7.11 Å². The summed E-state index contributed by atoms with van der Waals surface area (Å²) in [6.07, 6.45) is 4.44. The zero-order valence-corrected chi connectivity index (χ0v) is 14.7. The summed E-state index contributed by atoms with van der Waals surface area (Å²) in [6.45, 7) is 4.33. The molecule has 2 aromatic carbocycles. The summed E-state index contributed by atoms with van der Waals surface area (Å²) >= 11 is 0. The van der Waals surface area contributed by atoms with Gasteiger partial charge in [0.15, 0.2) is 18.1 Å².